The first-order chi connectivity index (χ1) is 11.7. The van der Waals surface area contributed by atoms with E-state index < -0.39 is 0 Å². The van der Waals surface area contributed by atoms with Crippen molar-refractivity contribution < 1.29 is 5.11 Å². The summed E-state index contributed by atoms with van der Waals surface area (Å²) in [6, 6.07) is 7.31. The van der Waals surface area contributed by atoms with Gasteiger partial charge in [0.25, 0.3) is 0 Å². The van der Waals surface area contributed by atoms with Crippen molar-refractivity contribution in [3.8, 4) is 23.1 Å². The fourth-order valence-corrected chi connectivity index (χ4v) is 2.59. The first kappa shape index (κ1) is 15.6. The Hall–Kier alpha value is -3.30. The number of hydrogen-bond donors (Lipinski definition) is 2. The Labute approximate surface area is 140 Å². The Bertz CT molecular complexity index is 899. The van der Waals surface area contributed by atoms with Crippen molar-refractivity contribution in [2.75, 3.05) is 7.05 Å². The molecule has 2 aromatic rings. The number of rotatable bonds is 3. The minimum atomic E-state index is 0.0243. The van der Waals surface area contributed by atoms with Crippen LogP contribution in [0.1, 0.15) is 11.1 Å². The smallest absolute Gasteiger partial charge is 0.223 e. The summed E-state index contributed by atoms with van der Waals surface area (Å²) in [6.07, 6.45) is 11.0. The van der Waals surface area contributed by atoms with Crippen LogP contribution in [0.3, 0.4) is 0 Å². The van der Waals surface area contributed by atoms with Crippen LogP contribution in [0.2, 0.25) is 0 Å². The molecule has 1 aromatic heterocycles. The van der Waals surface area contributed by atoms with Gasteiger partial charge in [-0.2, -0.15) is 15.0 Å². The molecule has 0 aliphatic carbocycles. The number of benzene rings is 1. The third-order valence-electron chi connectivity index (χ3n) is 3.84. The third kappa shape index (κ3) is 2.69. The molecule has 6 heteroatoms. The van der Waals surface area contributed by atoms with Gasteiger partial charge < -0.3 is 15.7 Å². The van der Waals surface area contributed by atoms with Crippen molar-refractivity contribution >= 4 is 5.82 Å². The van der Waals surface area contributed by atoms with Gasteiger partial charge >= 0.3 is 0 Å². The number of aromatic hydroxyl groups is 1. The predicted octanol–water partition coefficient (Wildman–Crippen LogP) is 2.40. The maximum atomic E-state index is 10.7. The summed E-state index contributed by atoms with van der Waals surface area (Å²) in [7, 11) is 1.88. The second-order valence-corrected chi connectivity index (χ2v) is 5.34. The Kier molecular flexibility index (Phi) is 4.18. The molecule has 2 heterocycles. The minimum absolute atomic E-state index is 0.0243. The highest BCUT2D eigenvalue weighted by Gasteiger charge is 2.18. The number of aromatic nitrogens is 2. The molecule has 0 fully saturated rings. The molecule has 0 spiro atoms. The van der Waals surface area contributed by atoms with E-state index in [0.717, 1.165) is 11.1 Å². The molecule has 1 aliphatic rings. The lowest BCUT2D eigenvalue weighted by Crippen LogP contribution is -2.15. The first-order valence-electron chi connectivity index (χ1n) is 7.44. The van der Waals surface area contributed by atoms with Gasteiger partial charge in [0.05, 0.1) is 23.4 Å². The van der Waals surface area contributed by atoms with Gasteiger partial charge in [-0.25, -0.2) is 0 Å². The van der Waals surface area contributed by atoms with E-state index in [1.165, 1.54) is 4.68 Å². The van der Waals surface area contributed by atoms with E-state index >= 15 is 0 Å². The van der Waals surface area contributed by atoms with Crippen LogP contribution in [0.5, 0.6) is 5.88 Å². The molecule has 0 atom stereocenters. The minimum Gasteiger partial charge on any atom is -0.493 e. The van der Waals surface area contributed by atoms with Crippen LogP contribution in [0.15, 0.2) is 54.9 Å². The maximum absolute atomic E-state index is 10.7. The fourth-order valence-electron chi connectivity index (χ4n) is 2.59. The van der Waals surface area contributed by atoms with Gasteiger partial charge in [0.1, 0.15) is 5.82 Å². The van der Waals surface area contributed by atoms with Gasteiger partial charge in [0.2, 0.25) is 5.88 Å². The van der Waals surface area contributed by atoms with E-state index in [4.69, 9.17) is 11.0 Å². The summed E-state index contributed by atoms with van der Waals surface area (Å²) in [5.74, 6) is 0.739. The topological polar surface area (TPSA) is 91.1 Å². The summed E-state index contributed by atoms with van der Waals surface area (Å²) < 4.78 is 1.47. The molecule has 0 saturated heterocycles. The molecule has 0 radical (unpaired) electrons. The van der Waals surface area contributed by atoms with Gasteiger partial charge in [-0.1, -0.05) is 18.2 Å². The van der Waals surface area contributed by atoms with E-state index in [9.17, 15) is 5.11 Å². The zero-order chi connectivity index (χ0) is 17.1. The Morgan fingerprint density at radius 1 is 1.25 bits per heavy atom. The molecule has 1 aliphatic heterocycles. The van der Waals surface area contributed by atoms with Gasteiger partial charge in [-0.15, -0.1) is 0 Å². The Morgan fingerprint density at radius 3 is 2.83 bits per heavy atom. The number of nitrogens with zero attached hydrogens (tertiary/aromatic N) is 4. The van der Waals surface area contributed by atoms with Crippen LogP contribution < -0.4 is 5.73 Å². The molecule has 24 heavy (non-hydrogen) atoms. The van der Waals surface area contributed by atoms with Crippen LogP contribution in [0.25, 0.3) is 16.9 Å². The highest BCUT2D eigenvalue weighted by atomic mass is 16.3. The van der Waals surface area contributed by atoms with Gasteiger partial charge in [0, 0.05) is 19.8 Å². The fraction of sp³-hybridized carbons (Fsp3) is 0.111. The van der Waals surface area contributed by atoms with Gasteiger partial charge in [0.15, 0.2) is 0 Å². The number of nitrogens with two attached hydrogens (primary N) is 1. The van der Waals surface area contributed by atoms with Crippen LogP contribution in [-0.4, -0.2) is 26.8 Å². The quantitative estimate of drug-likeness (QED) is 0.906. The summed E-state index contributed by atoms with van der Waals surface area (Å²) in [5.41, 5.74) is 8.46. The van der Waals surface area contributed by atoms with Crippen LogP contribution in [0.4, 0.5) is 0 Å². The predicted molar refractivity (Wildman–Crippen MR) is 92.3 cm³/mol. The number of allylic oxidation sites excluding steroid dienone is 4. The van der Waals surface area contributed by atoms with E-state index in [1.807, 2.05) is 42.5 Å². The van der Waals surface area contributed by atoms with Crippen molar-refractivity contribution in [3.05, 3.63) is 66.0 Å². The van der Waals surface area contributed by atoms with E-state index in [0.29, 0.717) is 16.9 Å². The second kappa shape index (κ2) is 6.44. The third-order valence-corrected chi connectivity index (χ3v) is 3.84. The molecule has 0 bridgehead atoms. The van der Waals surface area contributed by atoms with Crippen molar-refractivity contribution in [1.29, 1.82) is 5.26 Å². The monoisotopic (exact) mass is 319 g/mol. The average molecular weight is 319 g/mol. The van der Waals surface area contributed by atoms with Crippen LogP contribution in [0, 0.1) is 11.3 Å². The average Bonchev–Trinajstić information content (AvgIpc) is 2.84. The van der Waals surface area contributed by atoms with Crippen LogP contribution >= 0.6 is 0 Å². The Balaban J connectivity index is 2.09. The molecule has 1 aromatic carbocycles. The maximum Gasteiger partial charge on any atom is 0.223 e. The molecule has 0 saturated carbocycles. The zero-order valence-electron chi connectivity index (χ0n) is 13.2. The van der Waals surface area contributed by atoms with E-state index in [-0.39, 0.29) is 12.4 Å². The highest BCUT2D eigenvalue weighted by molar-refractivity contribution is 5.73. The molecule has 3 rings (SSSR count). The lowest BCUT2D eigenvalue weighted by Gasteiger charge is -2.18. The van der Waals surface area contributed by atoms with E-state index in [1.54, 1.807) is 24.4 Å². The zero-order valence-corrected chi connectivity index (χ0v) is 13.2. The normalized spacial score (nSPS) is 13.5. The standard InChI is InChI=1S/C18H17N5O/c1-22-8-4-2-3-5-17(22)23-18(24)16(12-21-23)15-7-6-13(10-19)9-14(15)11-20/h2-9,12,24H,11,20H2,1H3. The molecule has 120 valence electrons. The van der Waals surface area contributed by atoms with Crippen molar-refractivity contribution in [1.82, 2.24) is 14.7 Å². The van der Waals surface area contributed by atoms with Gasteiger partial charge in [-0.05, 0) is 35.4 Å². The molecular weight excluding hydrogens is 302 g/mol. The molecule has 3 N–H and O–H groups in total. The first-order valence-corrected chi connectivity index (χ1v) is 7.44. The summed E-state index contributed by atoms with van der Waals surface area (Å²) in [5, 5.41) is 24.0. The van der Waals surface area contributed by atoms with Crippen LogP contribution in [-0.2, 0) is 6.54 Å². The number of hydrogen-bond acceptors (Lipinski definition) is 5. The lowest BCUT2D eigenvalue weighted by atomic mass is 10.00. The SMILES string of the molecule is CN1C=CC=CC=C1n1ncc(-c2ccc(C#N)cc2CN)c1O. The van der Waals surface area contributed by atoms with E-state index in [2.05, 4.69) is 11.2 Å². The summed E-state index contributed by atoms with van der Waals surface area (Å²) >= 11 is 0. The molecule has 0 unspecified atom stereocenters. The molecular formula is C18H17N5O. The summed E-state index contributed by atoms with van der Waals surface area (Å²) in [6.45, 7) is 0.267. The summed E-state index contributed by atoms with van der Waals surface area (Å²) in [4.78, 5) is 1.86. The largest absolute Gasteiger partial charge is 0.493 e. The molecule has 6 nitrogen and oxygen atoms in total. The second-order valence-electron chi connectivity index (χ2n) is 5.34. The van der Waals surface area contributed by atoms with Crippen molar-refractivity contribution in [2.45, 2.75) is 6.54 Å². The lowest BCUT2D eigenvalue weighted by molar-refractivity contribution is 0.424. The van der Waals surface area contributed by atoms with Crippen molar-refractivity contribution in [3.63, 3.8) is 0 Å². The van der Waals surface area contributed by atoms with Crippen molar-refractivity contribution in [2.24, 2.45) is 5.73 Å². The molecule has 0 amide bonds. The number of nitriles is 1. The highest BCUT2D eigenvalue weighted by Crippen LogP contribution is 2.34. The van der Waals surface area contributed by atoms with Gasteiger partial charge in [-0.3, -0.25) is 0 Å². The Morgan fingerprint density at radius 2 is 2.08 bits per heavy atom.